The van der Waals surface area contributed by atoms with Gasteiger partial charge in [-0.2, -0.15) is 0 Å². The predicted octanol–water partition coefficient (Wildman–Crippen LogP) is 17.8. The first-order chi connectivity index (χ1) is 35.7. The van der Waals surface area contributed by atoms with Crippen LogP contribution in [0.5, 0.6) is 0 Å². The summed E-state index contributed by atoms with van der Waals surface area (Å²) >= 11 is 0. The van der Waals surface area contributed by atoms with Gasteiger partial charge in [-0.05, 0) is 116 Å². The third-order valence-electron chi connectivity index (χ3n) is 14.5. The maximum atomic E-state index is 6.73. The molecule has 0 atom stereocenters. The number of para-hydroxylation sites is 5. The summed E-state index contributed by atoms with van der Waals surface area (Å²) < 4.78 is 18.3. The zero-order valence-electron chi connectivity index (χ0n) is 39.0. The minimum Gasteiger partial charge on any atom is -0.454 e. The predicted molar refractivity (Wildman–Crippen MR) is 297 cm³/mol. The van der Waals surface area contributed by atoms with E-state index in [1.54, 1.807) is 0 Å². The first-order valence-corrected chi connectivity index (χ1v) is 24.6. The molecule has 7 heteroatoms. The second kappa shape index (κ2) is 16.0. The molecule has 72 heavy (non-hydrogen) atoms. The zero-order chi connectivity index (χ0) is 47.3. The smallest absolute Gasteiger partial charge is 0.157 e. The highest BCUT2D eigenvalue weighted by Crippen LogP contribution is 2.45. The van der Waals surface area contributed by atoms with Crippen LogP contribution in [0.15, 0.2) is 239 Å². The Bertz CT molecular complexity index is 4450. The normalized spacial score (nSPS) is 12.6. The van der Waals surface area contributed by atoms with Crippen molar-refractivity contribution in [1.82, 2.24) is 14.1 Å². The molecule has 0 aliphatic heterocycles. The Morgan fingerprint density at radius 3 is 1.40 bits per heavy atom. The van der Waals surface area contributed by atoms with Crippen LogP contribution in [-0.4, -0.2) is 14.1 Å². The molecule has 7 nitrogen and oxygen atoms in total. The van der Waals surface area contributed by atoms with Gasteiger partial charge >= 0.3 is 0 Å². The van der Waals surface area contributed by atoms with E-state index in [1.807, 2.05) is 6.07 Å². The van der Waals surface area contributed by atoms with Crippen molar-refractivity contribution >= 4 is 117 Å². The minimum absolute atomic E-state index is 0.673. The summed E-state index contributed by atoms with van der Waals surface area (Å²) in [5.74, 6) is 0. The van der Waals surface area contributed by atoms with Crippen LogP contribution in [0.4, 0.5) is 34.1 Å². The fourth-order valence-corrected chi connectivity index (χ4v) is 11.3. The molecule has 0 unspecified atom stereocenters. The fraction of sp³-hybridized carbons (Fsp3) is 0.0308. The van der Waals surface area contributed by atoms with Gasteiger partial charge in [-0.1, -0.05) is 115 Å². The number of allylic oxidation sites excluding steroid dienone is 1. The number of fused-ring (bicyclic) bond motifs is 12. The number of hydrogen-bond acceptors (Lipinski definition) is 5. The van der Waals surface area contributed by atoms with Gasteiger partial charge < -0.3 is 27.8 Å². The average molecular weight is 926 g/mol. The van der Waals surface area contributed by atoms with Crippen LogP contribution < -0.4 is 9.80 Å². The van der Waals surface area contributed by atoms with E-state index in [9.17, 15) is 0 Å². The molecule has 9 aromatic carbocycles. The molecule has 1 aliphatic carbocycles. The number of furan rings is 2. The lowest BCUT2D eigenvalue weighted by Gasteiger charge is -2.25. The van der Waals surface area contributed by atoms with Crippen molar-refractivity contribution in [2.75, 3.05) is 9.80 Å². The van der Waals surface area contributed by atoms with Crippen molar-refractivity contribution in [3.8, 4) is 11.4 Å². The molecule has 0 fully saturated rings. The van der Waals surface area contributed by atoms with Gasteiger partial charge in [0.2, 0.25) is 0 Å². The lowest BCUT2D eigenvalue weighted by Crippen LogP contribution is -2.10. The molecular weight excluding hydrogens is 883 g/mol. The van der Waals surface area contributed by atoms with E-state index in [1.165, 1.54) is 44.1 Å². The van der Waals surface area contributed by atoms with Gasteiger partial charge in [0.05, 0.1) is 16.6 Å². The van der Waals surface area contributed by atoms with Crippen LogP contribution in [0.25, 0.3) is 94.3 Å². The summed E-state index contributed by atoms with van der Waals surface area (Å²) in [5.41, 5.74) is 19.0. The molecule has 0 saturated heterocycles. The van der Waals surface area contributed by atoms with Crippen LogP contribution in [0.2, 0.25) is 0 Å². The number of anilines is 6. The maximum Gasteiger partial charge on any atom is 0.157 e. The third-order valence-corrected chi connectivity index (χ3v) is 14.5. The lowest BCUT2D eigenvalue weighted by atomic mass is 10.0. The molecular formula is C65H43N5O2. The van der Waals surface area contributed by atoms with Crippen LogP contribution in [-0.2, 0) is 6.42 Å². The van der Waals surface area contributed by atoms with E-state index in [4.69, 9.17) is 13.8 Å². The molecule has 0 N–H and O–H groups in total. The van der Waals surface area contributed by atoms with Crippen molar-refractivity contribution < 1.29 is 8.83 Å². The van der Waals surface area contributed by atoms with Crippen LogP contribution >= 0.6 is 0 Å². The standard InChI is InChI=1S/C65H43N5O2/c1-5-17-42(18-6-1)67(46-29-33-52-50-25-13-15-27-56(50)69(58(52)37-46)44-21-9-3-10-22-44)48-31-35-54-60(39-48)71-62-41-63-65(66-64(54)62)55-36-32-49(40-61(55)72-63)68(43-19-7-2-8-20-43)47-30-34-53-51-26-14-16-28-57(51)70(59(53)38-47)45-23-11-4-12-24-45/h1-15,17-27,29-41H,16,28H2. The second-order valence-corrected chi connectivity index (χ2v) is 18.7. The number of pyridine rings is 1. The maximum absolute atomic E-state index is 6.73. The molecule has 5 aromatic heterocycles. The number of benzene rings is 9. The topological polar surface area (TPSA) is 55.5 Å². The molecule has 14 aromatic rings. The summed E-state index contributed by atoms with van der Waals surface area (Å²) in [4.78, 5) is 9.92. The van der Waals surface area contributed by atoms with Crippen molar-refractivity contribution in [2.24, 2.45) is 0 Å². The molecule has 0 spiro atoms. The monoisotopic (exact) mass is 925 g/mol. The quantitative estimate of drug-likeness (QED) is 0.152. The fourth-order valence-electron chi connectivity index (χ4n) is 11.3. The van der Waals surface area contributed by atoms with Gasteiger partial charge in [0.1, 0.15) is 22.2 Å². The van der Waals surface area contributed by atoms with E-state index < -0.39 is 0 Å². The largest absolute Gasteiger partial charge is 0.454 e. The molecule has 0 bridgehead atoms. The first kappa shape index (κ1) is 40.3. The van der Waals surface area contributed by atoms with E-state index in [2.05, 4.69) is 249 Å². The van der Waals surface area contributed by atoms with Gasteiger partial charge in [-0.25, -0.2) is 4.98 Å². The molecule has 15 rings (SSSR count). The van der Waals surface area contributed by atoms with Crippen LogP contribution in [0.1, 0.15) is 17.7 Å². The lowest BCUT2D eigenvalue weighted by molar-refractivity contribution is 0.655. The summed E-state index contributed by atoms with van der Waals surface area (Å²) in [5, 5.41) is 5.56. The highest BCUT2D eigenvalue weighted by molar-refractivity contribution is 6.13. The van der Waals surface area contributed by atoms with Crippen molar-refractivity contribution in [3.63, 3.8) is 0 Å². The Morgan fingerprint density at radius 1 is 0.361 bits per heavy atom. The molecule has 0 amide bonds. The highest BCUT2D eigenvalue weighted by atomic mass is 16.3. The van der Waals surface area contributed by atoms with E-state index in [0.29, 0.717) is 11.2 Å². The Labute approximate surface area is 413 Å². The van der Waals surface area contributed by atoms with E-state index in [-0.39, 0.29) is 0 Å². The molecule has 0 saturated carbocycles. The number of nitrogens with zero attached hydrogens (tertiary/aromatic N) is 5. The zero-order valence-corrected chi connectivity index (χ0v) is 39.0. The van der Waals surface area contributed by atoms with Gasteiger partial charge in [-0.3, -0.25) is 0 Å². The average Bonchev–Trinajstić information content (AvgIpc) is 4.18. The Morgan fingerprint density at radius 2 is 0.819 bits per heavy atom. The number of rotatable bonds is 8. The summed E-state index contributed by atoms with van der Waals surface area (Å²) in [6, 6.07) is 79.6. The van der Waals surface area contributed by atoms with Crippen LogP contribution in [0, 0.1) is 0 Å². The summed E-state index contributed by atoms with van der Waals surface area (Å²) in [6.45, 7) is 0. The summed E-state index contributed by atoms with van der Waals surface area (Å²) in [7, 11) is 0. The Kier molecular flexibility index (Phi) is 8.95. The number of aromatic nitrogens is 3. The highest BCUT2D eigenvalue weighted by Gasteiger charge is 2.24. The molecule has 5 heterocycles. The van der Waals surface area contributed by atoms with Gasteiger partial charge in [0.15, 0.2) is 11.2 Å². The van der Waals surface area contributed by atoms with Crippen molar-refractivity contribution in [3.05, 3.63) is 242 Å². The van der Waals surface area contributed by atoms with Gasteiger partial charge in [0, 0.05) is 102 Å². The van der Waals surface area contributed by atoms with Crippen LogP contribution in [0.3, 0.4) is 0 Å². The second-order valence-electron chi connectivity index (χ2n) is 18.7. The van der Waals surface area contributed by atoms with Crippen molar-refractivity contribution in [1.29, 1.82) is 0 Å². The molecule has 0 radical (unpaired) electrons. The van der Waals surface area contributed by atoms with E-state index in [0.717, 1.165) is 91.1 Å². The Balaban J connectivity index is 0.834. The molecule has 1 aliphatic rings. The SMILES string of the molecule is C1=Cc2c(n(-c3ccccc3)c3cc(N(c4ccccc4)c4ccc5c(c4)oc4cc6oc7cc(N(c8ccccc8)c8ccc9c%10ccccc%10n(-c%10ccccc%10)c9c8)ccc7c6nc45)ccc23)CC1. The summed E-state index contributed by atoms with van der Waals surface area (Å²) in [6.07, 6.45) is 6.62. The van der Waals surface area contributed by atoms with Gasteiger partial charge in [-0.15, -0.1) is 0 Å². The Hall–Kier alpha value is -9.59. The van der Waals surface area contributed by atoms with Crippen molar-refractivity contribution in [2.45, 2.75) is 12.8 Å². The number of hydrogen-bond donors (Lipinski definition) is 0. The van der Waals surface area contributed by atoms with E-state index >= 15 is 0 Å². The third kappa shape index (κ3) is 6.27. The van der Waals surface area contributed by atoms with Gasteiger partial charge in [0.25, 0.3) is 0 Å². The molecule has 340 valence electrons. The first-order valence-electron chi connectivity index (χ1n) is 24.6. The minimum atomic E-state index is 0.673.